The predicted molar refractivity (Wildman–Crippen MR) is 89.3 cm³/mol. The summed E-state index contributed by atoms with van der Waals surface area (Å²) in [4.78, 5) is 11.7. The summed E-state index contributed by atoms with van der Waals surface area (Å²) in [5, 5.41) is 3.52. The Morgan fingerprint density at radius 3 is 2.38 bits per heavy atom. The van der Waals surface area contributed by atoms with Gasteiger partial charge in [-0.05, 0) is 37.1 Å². The predicted octanol–water partition coefficient (Wildman–Crippen LogP) is 3.16. The van der Waals surface area contributed by atoms with Crippen molar-refractivity contribution in [3.8, 4) is 5.75 Å². The van der Waals surface area contributed by atoms with Crippen molar-refractivity contribution in [1.82, 2.24) is 5.32 Å². The lowest BCUT2D eigenvalue weighted by atomic mass is 9.94. The van der Waals surface area contributed by atoms with Crippen LogP contribution in [0, 0.1) is 0 Å². The fourth-order valence-electron chi connectivity index (χ4n) is 1.66. The third-order valence-electron chi connectivity index (χ3n) is 3.46. The first-order chi connectivity index (χ1) is 9.49. The first kappa shape index (κ1) is 20.0. The maximum atomic E-state index is 11.7. The fraction of sp³-hybridized carbons (Fsp3) is 0.533. The maximum absolute atomic E-state index is 11.7. The lowest BCUT2D eigenvalue weighted by Crippen LogP contribution is -2.49. The van der Waals surface area contributed by atoms with Gasteiger partial charge in [-0.25, -0.2) is 0 Å². The van der Waals surface area contributed by atoms with Gasteiger partial charge >= 0.3 is 0 Å². The smallest absolute Gasteiger partial charge is 0.223 e. The highest BCUT2D eigenvalue weighted by Gasteiger charge is 2.20. The molecular weight excluding hydrogens is 311 g/mol. The molecule has 6 heteroatoms. The van der Waals surface area contributed by atoms with E-state index in [4.69, 9.17) is 22.1 Å². The van der Waals surface area contributed by atoms with Gasteiger partial charge in [0.2, 0.25) is 5.91 Å². The van der Waals surface area contributed by atoms with Crippen molar-refractivity contribution in [2.24, 2.45) is 5.73 Å². The van der Waals surface area contributed by atoms with Crippen LogP contribution in [0.15, 0.2) is 24.3 Å². The van der Waals surface area contributed by atoms with Crippen LogP contribution in [-0.4, -0.2) is 24.6 Å². The molecule has 0 aliphatic heterocycles. The van der Waals surface area contributed by atoms with E-state index in [0.717, 1.165) is 12.8 Å². The minimum Gasteiger partial charge on any atom is -0.493 e. The van der Waals surface area contributed by atoms with Gasteiger partial charge in [-0.2, -0.15) is 0 Å². The Bertz CT molecular complexity index is 420. The molecule has 0 fully saturated rings. The molecule has 1 aromatic rings. The summed E-state index contributed by atoms with van der Waals surface area (Å²) in [6, 6.07) is 7.06. The van der Waals surface area contributed by atoms with Gasteiger partial charge in [0.1, 0.15) is 5.75 Å². The first-order valence-corrected chi connectivity index (χ1v) is 7.31. The van der Waals surface area contributed by atoms with E-state index in [1.54, 1.807) is 24.3 Å². The topological polar surface area (TPSA) is 64.3 Å². The van der Waals surface area contributed by atoms with Crippen molar-refractivity contribution in [3.63, 3.8) is 0 Å². The van der Waals surface area contributed by atoms with Crippen molar-refractivity contribution in [2.75, 3.05) is 13.2 Å². The Kier molecular flexibility index (Phi) is 9.42. The van der Waals surface area contributed by atoms with Crippen molar-refractivity contribution in [1.29, 1.82) is 0 Å². The molecule has 0 radical (unpaired) electrons. The molecule has 0 atom stereocenters. The van der Waals surface area contributed by atoms with E-state index < -0.39 is 0 Å². The molecule has 0 aliphatic carbocycles. The van der Waals surface area contributed by atoms with Gasteiger partial charge in [0.15, 0.2) is 0 Å². The zero-order valence-electron chi connectivity index (χ0n) is 12.5. The van der Waals surface area contributed by atoms with Gasteiger partial charge in [-0.15, -0.1) is 12.4 Å². The maximum Gasteiger partial charge on any atom is 0.223 e. The third-order valence-corrected chi connectivity index (χ3v) is 3.71. The van der Waals surface area contributed by atoms with Crippen molar-refractivity contribution in [2.45, 2.75) is 38.6 Å². The Hall–Kier alpha value is -0.970. The van der Waals surface area contributed by atoms with Crippen molar-refractivity contribution < 1.29 is 9.53 Å². The number of nitrogens with two attached hydrogens (primary N) is 1. The number of hydrogen-bond donors (Lipinski definition) is 2. The van der Waals surface area contributed by atoms with Crippen LogP contribution in [0.1, 0.15) is 33.1 Å². The Morgan fingerprint density at radius 1 is 1.29 bits per heavy atom. The number of nitrogens with one attached hydrogen (secondary N) is 1. The van der Waals surface area contributed by atoms with Crippen LogP contribution >= 0.6 is 24.0 Å². The quantitative estimate of drug-likeness (QED) is 0.767. The van der Waals surface area contributed by atoms with Gasteiger partial charge in [0.25, 0.3) is 0 Å². The molecule has 0 aliphatic rings. The molecule has 1 aromatic carbocycles. The van der Waals surface area contributed by atoms with Crippen molar-refractivity contribution in [3.05, 3.63) is 29.3 Å². The van der Waals surface area contributed by atoms with Crippen LogP contribution in [-0.2, 0) is 4.79 Å². The zero-order chi connectivity index (χ0) is 15.0. The second-order valence-corrected chi connectivity index (χ2v) is 5.34. The van der Waals surface area contributed by atoms with Gasteiger partial charge < -0.3 is 15.8 Å². The van der Waals surface area contributed by atoms with E-state index in [9.17, 15) is 4.79 Å². The van der Waals surface area contributed by atoms with Gasteiger partial charge in [-0.3, -0.25) is 4.79 Å². The lowest BCUT2D eigenvalue weighted by Gasteiger charge is -2.26. The fourth-order valence-corrected chi connectivity index (χ4v) is 1.78. The number of carbonyl (C=O) groups is 1. The van der Waals surface area contributed by atoms with Crippen LogP contribution in [0.25, 0.3) is 0 Å². The summed E-state index contributed by atoms with van der Waals surface area (Å²) in [5.41, 5.74) is 5.81. The normalized spacial score (nSPS) is 10.7. The Labute approximate surface area is 137 Å². The largest absolute Gasteiger partial charge is 0.493 e. The summed E-state index contributed by atoms with van der Waals surface area (Å²) < 4.78 is 5.47. The number of ether oxygens (including phenoxy) is 1. The average Bonchev–Trinajstić information content (AvgIpc) is 2.47. The van der Waals surface area contributed by atoms with Gasteiger partial charge in [0, 0.05) is 17.1 Å². The molecule has 0 spiro atoms. The zero-order valence-corrected chi connectivity index (χ0v) is 14.1. The molecule has 4 nitrogen and oxygen atoms in total. The van der Waals surface area contributed by atoms with Crippen LogP contribution in [0.5, 0.6) is 5.75 Å². The first-order valence-electron chi connectivity index (χ1n) is 6.93. The standard InChI is InChI=1S/C15H23ClN2O2.ClH/c1-3-15(17,4-2)11-18-14(19)9-10-20-13-7-5-12(16)6-8-13;/h5-8H,3-4,9-11,17H2,1-2H3,(H,18,19);1H. The highest BCUT2D eigenvalue weighted by molar-refractivity contribution is 6.30. The molecule has 0 aromatic heterocycles. The Balaban J connectivity index is 0.00000400. The van der Waals surface area contributed by atoms with Crippen LogP contribution in [0.4, 0.5) is 0 Å². The summed E-state index contributed by atoms with van der Waals surface area (Å²) in [6.07, 6.45) is 1.99. The van der Waals surface area contributed by atoms with Gasteiger partial charge in [0.05, 0.1) is 13.0 Å². The minimum absolute atomic E-state index is 0. The third kappa shape index (κ3) is 7.55. The number of amides is 1. The molecule has 1 amide bonds. The molecule has 0 saturated heterocycles. The molecule has 0 unspecified atom stereocenters. The second-order valence-electron chi connectivity index (χ2n) is 4.90. The van der Waals surface area contributed by atoms with Crippen LogP contribution < -0.4 is 15.8 Å². The van der Waals surface area contributed by atoms with E-state index in [2.05, 4.69) is 5.32 Å². The molecular formula is C15H24Cl2N2O2. The number of carbonyl (C=O) groups excluding carboxylic acids is 1. The highest BCUT2D eigenvalue weighted by Crippen LogP contribution is 2.15. The molecule has 0 bridgehead atoms. The van der Waals surface area contributed by atoms with Crippen molar-refractivity contribution >= 4 is 29.9 Å². The highest BCUT2D eigenvalue weighted by atomic mass is 35.5. The molecule has 120 valence electrons. The number of benzene rings is 1. The summed E-state index contributed by atoms with van der Waals surface area (Å²) in [5.74, 6) is 0.660. The van der Waals surface area contributed by atoms with E-state index in [0.29, 0.717) is 30.3 Å². The van der Waals surface area contributed by atoms with E-state index in [1.165, 1.54) is 0 Å². The molecule has 21 heavy (non-hydrogen) atoms. The number of halogens is 2. The summed E-state index contributed by atoms with van der Waals surface area (Å²) >= 11 is 5.78. The monoisotopic (exact) mass is 334 g/mol. The number of hydrogen-bond acceptors (Lipinski definition) is 3. The molecule has 1 rings (SSSR count). The Morgan fingerprint density at radius 2 is 1.86 bits per heavy atom. The average molecular weight is 335 g/mol. The SMILES string of the molecule is CCC(N)(CC)CNC(=O)CCOc1ccc(Cl)cc1.Cl. The second kappa shape index (κ2) is 9.87. The lowest BCUT2D eigenvalue weighted by molar-refractivity contribution is -0.121. The van der Waals surface area contributed by atoms with Crippen LogP contribution in [0.3, 0.4) is 0 Å². The van der Waals surface area contributed by atoms with E-state index >= 15 is 0 Å². The molecule has 3 N–H and O–H groups in total. The molecule has 0 saturated carbocycles. The molecule has 0 heterocycles. The van der Waals surface area contributed by atoms with Gasteiger partial charge in [-0.1, -0.05) is 25.4 Å². The minimum atomic E-state index is -0.313. The number of rotatable bonds is 8. The summed E-state index contributed by atoms with van der Waals surface area (Å²) in [7, 11) is 0. The summed E-state index contributed by atoms with van der Waals surface area (Å²) in [6.45, 7) is 4.89. The van der Waals surface area contributed by atoms with E-state index in [1.807, 2.05) is 13.8 Å². The van der Waals surface area contributed by atoms with E-state index in [-0.39, 0.29) is 23.9 Å². The van der Waals surface area contributed by atoms with Crippen LogP contribution in [0.2, 0.25) is 5.02 Å².